The van der Waals surface area contributed by atoms with Crippen LogP contribution in [0, 0.1) is 0 Å². The van der Waals surface area contributed by atoms with E-state index in [2.05, 4.69) is 5.32 Å². The molecule has 2 aromatic carbocycles. The van der Waals surface area contributed by atoms with Crippen molar-refractivity contribution in [2.45, 2.75) is 19.4 Å². The number of hydrogen-bond donors (Lipinski definition) is 2. The van der Waals surface area contributed by atoms with E-state index in [1.54, 1.807) is 12.1 Å². The van der Waals surface area contributed by atoms with Gasteiger partial charge in [0.1, 0.15) is 0 Å². The van der Waals surface area contributed by atoms with Crippen LogP contribution in [0.3, 0.4) is 0 Å². The molecule has 0 aliphatic rings. The number of esters is 1. The summed E-state index contributed by atoms with van der Waals surface area (Å²) in [5.74, 6) is -1.06. The van der Waals surface area contributed by atoms with Crippen molar-refractivity contribution in [3.63, 3.8) is 0 Å². The number of carbonyl (C=O) groups is 2. The topological polar surface area (TPSA) is 75.6 Å². The second-order valence-corrected chi connectivity index (χ2v) is 5.29. The fraction of sp³-hybridized carbons (Fsp3) is 0.263. The first kappa shape index (κ1) is 17.7. The number of carbonyl (C=O) groups excluding carboxylic acids is 2. The zero-order valence-electron chi connectivity index (χ0n) is 13.6. The van der Waals surface area contributed by atoms with E-state index in [9.17, 15) is 14.7 Å². The molecule has 126 valence electrons. The average molecular weight is 327 g/mol. The van der Waals surface area contributed by atoms with Gasteiger partial charge in [-0.05, 0) is 23.6 Å². The molecule has 0 unspecified atom stereocenters. The standard InChI is InChI=1S/C19H21NO4/c1-2-12-24-19(23)17(13-21)20-18(22)16-11-7-6-10-15(16)14-8-4-3-5-9-14/h3-11,17,21H,2,12-13H2,1H3,(H,20,22)/t17-/m0/s1. The Bertz CT molecular complexity index is 685. The molecule has 24 heavy (non-hydrogen) atoms. The van der Waals surface area contributed by atoms with Crippen molar-refractivity contribution < 1.29 is 19.4 Å². The first-order valence-electron chi connectivity index (χ1n) is 7.90. The molecule has 1 atom stereocenters. The number of aliphatic hydroxyl groups excluding tert-OH is 1. The van der Waals surface area contributed by atoms with Crippen LogP contribution in [-0.4, -0.2) is 36.2 Å². The van der Waals surface area contributed by atoms with Crippen LogP contribution in [0.15, 0.2) is 54.6 Å². The summed E-state index contributed by atoms with van der Waals surface area (Å²) >= 11 is 0. The minimum Gasteiger partial charge on any atom is -0.464 e. The van der Waals surface area contributed by atoms with E-state index >= 15 is 0 Å². The summed E-state index contributed by atoms with van der Waals surface area (Å²) in [6.07, 6.45) is 0.675. The molecular weight excluding hydrogens is 306 g/mol. The molecule has 5 nitrogen and oxygen atoms in total. The summed E-state index contributed by atoms with van der Waals surface area (Å²) in [6.45, 7) is 1.61. The first-order valence-corrected chi connectivity index (χ1v) is 7.90. The van der Waals surface area contributed by atoms with Crippen LogP contribution < -0.4 is 5.32 Å². The zero-order valence-corrected chi connectivity index (χ0v) is 13.6. The summed E-state index contributed by atoms with van der Waals surface area (Å²) < 4.78 is 4.98. The summed E-state index contributed by atoms with van der Waals surface area (Å²) in [5.41, 5.74) is 2.09. The molecule has 0 saturated carbocycles. The van der Waals surface area contributed by atoms with Gasteiger partial charge in [0.05, 0.1) is 13.2 Å². The Balaban J connectivity index is 2.19. The van der Waals surface area contributed by atoms with Gasteiger partial charge in [0, 0.05) is 5.56 Å². The van der Waals surface area contributed by atoms with E-state index in [0.29, 0.717) is 12.0 Å². The van der Waals surface area contributed by atoms with Crippen LogP contribution in [0.2, 0.25) is 0 Å². The maximum Gasteiger partial charge on any atom is 0.331 e. The van der Waals surface area contributed by atoms with Crippen LogP contribution in [-0.2, 0) is 9.53 Å². The maximum absolute atomic E-state index is 12.6. The van der Waals surface area contributed by atoms with Crippen LogP contribution in [0.1, 0.15) is 23.7 Å². The van der Waals surface area contributed by atoms with E-state index in [1.807, 2.05) is 49.4 Å². The van der Waals surface area contributed by atoms with E-state index in [0.717, 1.165) is 11.1 Å². The molecule has 0 radical (unpaired) electrons. The Labute approximate surface area is 141 Å². The maximum atomic E-state index is 12.6. The van der Waals surface area contributed by atoms with Crippen molar-refractivity contribution in [2.75, 3.05) is 13.2 Å². The molecule has 0 saturated heterocycles. The number of ether oxygens (including phenoxy) is 1. The fourth-order valence-corrected chi connectivity index (χ4v) is 2.27. The van der Waals surface area contributed by atoms with E-state index in [4.69, 9.17) is 4.74 Å². The predicted octanol–water partition coefficient (Wildman–Crippen LogP) is 2.40. The Hall–Kier alpha value is -2.66. The summed E-state index contributed by atoms with van der Waals surface area (Å²) in [6, 6.07) is 15.5. The lowest BCUT2D eigenvalue weighted by atomic mass is 9.99. The van der Waals surface area contributed by atoms with Crippen molar-refractivity contribution in [1.29, 1.82) is 0 Å². The first-order chi connectivity index (χ1) is 11.7. The highest BCUT2D eigenvalue weighted by molar-refractivity contribution is 6.02. The van der Waals surface area contributed by atoms with Gasteiger partial charge in [-0.25, -0.2) is 4.79 Å². The van der Waals surface area contributed by atoms with Gasteiger partial charge in [0.2, 0.25) is 0 Å². The normalized spacial score (nSPS) is 11.6. The fourth-order valence-electron chi connectivity index (χ4n) is 2.27. The summed E-state index contributed by atoms with van der Waals surface area (Å²) in [7, 11) is 0. The van der Waals surface area contributed by atoms with Gasteiger partial charge in [0.15, 0.2) is 6.04 Å². The van der Waals surface area contributed by atoms with Gasteiger partial charge < -0.3 is 15.2 Å². The van der Waals surface area contributed by atoms with Gasteiger partial charge in [0.25, 0.3) is 5.91 Å². The third-order valence-corrected chi connectivity index (χ3v) is 3.48. The number of hydrogen-bond acceptors (Lipinski definition) is 4. The Morgan fingerprint density at radius 1 is 1.08 bits per heavy atom. The lowest BCUT2D eigenvalue weighted by Gasteiger charge is -2.16. The second-order valence-electron chi connectivity index (χ2n) is 5.29. The predicted molar refractivity (Wildman–Crippen MR) is 91.5 cm³/mol. The highest BCUT2D eigenvalue weighted by Gasteiger charge is 2.23. The molecule has 1 amide bonds. The number of benzene rings is 2. The van der Waals surface area contributed by atoms with Crippen molar-refractivity contribution in [1.82, 2.24) is 5.32 Å². The largest absolute Gasteiger partial charge is 0.464 e. The second kappa shape index (κ2) is 8.84. The molecule has 0 fully saturated rings. The lowest BCUT2D eigenvalue weighted by Crippen LogP contribution is -2.44. The van der Waals surface area contributed by atoms with E-state index in [-0.39, 0.29) is 6.61 Å². The van der Waals surface area contributed by atoms with Crippen molar-refractivity contribution in [3.05, 3.63) is 60.2 Å². The Kier molecular flexibility index (Phi) is 6.51. The highest BCUT2D eigenvalue weighted by Crippen LogP contribution is 2.23. The van der Waals surface area contributed by atoms with Crippen molar-refractivity contribution >= 4 is 11.9 Å². The van der Waals surface area contributed by atoms with E-state index < -0.39 is 24.5 Å². The third-order valence-electron chi connectivity index (χ3n) is 3.48. The Morgan fingerprint density at radius 3 is 2.42 bits per heavy atom. The van der Waals surface area contributed by atoms with Crippen molar-refractivity contribution in [2.24, 2.45) is 0 Å². The minimum atomic E-state index is -1.08. The Morgan fingerprint density at radius 2 is 1.75 bits per heavy atom. The number of nitrogens with one attached hydrogen (secondary N) is 1. The van der Waals surface area contributed by atoms with Gasteiger partial charge in [-0.2, -0.15) is 0 Å². The molecule has 2 rings (SSSR count). The van der Waals surface area contributed by atoms with Crippen LogP contribution >= 0.6 is 0 Å². The monoisotopic (exact) mass is 327 g/mol. The SMILES string of the molecule is CCCOC(=O)[C@H](CO)NC(=O)c1ccccc1-c1ccccc1. The molecule has 0 heterocycles. The molecule has 0 aliphatic carbocycles. The number of amides is 1. The molecule has 0 bridgehead atoms. The van der Waals surface area contributed by atoms with Gasteiger partial charge in [-0.3, -0.25) is 4.79 Å². The molecule has 2 aromatic rings. The molecule has 0 aromatic heterocycles. The molecule has 0 aliphatic heterocycles. The van der Waals surface area contributed by atoms with Gasteiger partial charge in [-0.1, -0.05) is 55.5 Å². The van der Waals surface area contributed by atoms with Crippen molar-refractivity contribution in [3.8, 4) is 11.1 Å². The van der Waals surface area contributed by atoms with E-state index in [1.165, 1.54) is 0 Å². The van der Waals surface area contributed by atoms with Crippen LogP contribution in [0.4, 0.5) is 0 Å². The lowest BCUT2D eigenvalue weighted by molar-refractivity contribution is -0.146. The quantitative estimate of drug-likeness (QED) is 0.766. The average Bonchev–Trinajstić information content (AvgIpc) is 2.64. The molecule has 5 heteroatoms. The molecular formula is C19H21NO4. The zero-order chi connectivity index (χ0) is 17.4. The molecule has 2 N–H and O–H groups in total. The minimum absolute atomic E-state index is 0.256. The summed E-state index contributed by atoms with van der Waals surface area (Å²) in [4.78, 5) is 24.4. The third kappa shape index (κ3) is 4.43. The summed E-state index contributed by atoms with van der Waals surface area (Å²) in [5, 5.41) is 11.9. The molecule has 0 spiro atoms. The smallest absolute Gasteiger partial charge is 0.331 e. The number of rotatable bonds is 7. The van der Waals surface area contributed by atoms with Crippen LogP contribution in [0.25, 0.3) is 11.1 Å². The highest BCUT2D eigenvalue weighted by atomic mass is 16.5. The van der Waals surface area contributed by atoms with Gasteiger partial charge in [-0.15, -0.1) is 0 Å². The van der Waals surface area contributed by atoms with Crippen LogP contribution in [0.5, 0.6) is 0 Å². The number of aliphatic hydroxyl groups is 1. The van der Waals surface area contributed by atoms with Gasteiger partial charge >= 0.3 is 5.97 Å².